The summed E-state index contributed by atoms with van der Waals surface area (Å²) < 4.78 is 0. The predicted octanol–water partition coefficient (Wildman–Crippen LogP) is 5.41. The third-order valence-electron chi connectivity index (χ3n) is 7.99. The van der Waals surface area contributed by atoms with Crippen molar-refractivity contribution in [1.82, 2.24) is 10.2 Å². The van der Waals surface area contributed by atoms with Gasteiger partial charge >= 0.3 is 6.03 Å². The van der Waals surface area contributed by atoms with Crippen molar-refractivity contribution in [1.29, 1.82) is 0 Å². The van der Waals surface area contributed by atoms with Crippen LogP contribution in [-0.4, -0.2) is 31.1 Å². The Morgan fingerprint density at radius 2 is 1.85 bits per heavy atom. The van der Waals surface area contributed by atoms with Gasteiger partial charge in [0, 0.05) is 20.1 Å². The zero-order chi connectivity index (χ0) is 19.1. The Labute approximate surface area is 161 Å². The molecule has 2 amide bonds. The Bertz CT molecular complexity index is 494. The number of rotatable bonds is 7. The van der Waals surface area contributed by atoms with Gasteiger partial charge in [0.15, 0.2) is 0 Å². The molecule has 3 nitrogen and oxygen atoms in total. The first kappa shape index (κ1) is 20.0. The molecule has 0 radical (unpaired) electrons. The Morgan fingerprint density at radius 1 is 1.15 bits per heavy atom. The lowest BCUT2D eigenvalue weighted by Crippen LogP contribution is -2.54. The fourth-order valence-electron chi connectivity index (χ4n) is 7.15. The van der Waals surface area contributed by atoms with Crippen LogP contribution >= 0.6 is 0 Å². The van der Waals surface area contributed by atoms with Crippen LogP contribution in [0.4, 0.5) is 4.79 Å². The van der Waals surface area contributed by atoms with E-state index < -0.39 is 0 Å². The SMILES string of the molecule is CCC(C(C)C)C1CC2CC(CC(C)(C)CC3CN(C(=O)NC)C3)C1C2. The van der Waals surface area contributed by atoms with Gasteiger partial charge in [0.2, 0.25) is 0 Å². The molecule has 1 saturated heterocycles. The average Bonchev–Trinajstić information content (AvgIpc) is 3.09. The summed E-state index contributed by atoms with van der Waals surface area (Å²) in [5.41, 5.74) is 0.415. The predicted molar refractivity (Wildman–Crippen MR) is 109 cm³/mol. The molecular weight excluding hydrogens is 320 g/mol. The average molecular weight is 363 g/mol. The monoisotopic (exact) mass is 362 g/mol. The minimum Gasteiger partial charge on any atom is -0.341 e. The van der Waals surface area contributed by atoms with Crippen molar-refractivity contribution in [3.63, 3.8) is 0 Å². The van der Waals surface area contributed by atoms with Crippen molar-refractivity contribution in [2.45, 2.75) is 73.1 Å². The normalized spacial score (nSPS) is 32.8. The van der Waals surface area contributed by atoms with Gasteiger partial charge in [0.25, 0.3) is 0 Å². The maximum atomic E-state index is 11.7. The number of hydrogen-bond donors (Lipinski definition) is 1. The molecule has 1 aliphatic heterocycles. The van der Waals surface area contributed by atoms with E-state index in [1.807, 2.05) is 4.90 Å². The highest BCUT2D eigenvalue weighted by molar-refractivity contribution is 5.74. The van der Waals surface area contributed by atoms with Crippen molar-refractivity contribution in [2.75, 3.05) is 20.1 Å². The van der Waals surface area contributed by atoms with E-state index in [0.717, 1.165) is 48.6 Å². The zero-order valence-corrected chi connectivity index (χ0v) is 18.1. The van der Waals surface area contributed by atoms with Crippen LogP contribution in [0.5, 0.6) is 0 Å². The van der Waals surface area contributed by atoms with Gasteiger partial charge in [-0.1, -0.05) is 41.0 Å². The second-order valence-electron chi connectivity index (χ2n) is 10.9. The molecular formula is C23H42N2O. The summed E-state index contributed by atoms with van der Waals surface area (Å²) in [6, 6.07) is 0.0919. The number of amides is 2. The highest BCUT2D eigenvalue weighted by atomic mass is 16.2. The first-order valence-electron chi connectivity index (χ1n) is 11.2. The van der Waals surface area contributed by atoms with E-state index >= 15 is 0 Å². The molecule has 2 saturated carbocycles. The molecule has 3 fully saturated rings. The Kier molecular flexibility index (Phi) is 5.94. The highest BCUT2D eigenvalue weighted by Gasteiger charge is 2.49. The lowest BCUT2D eigenvalue weighted by molar-refractivity contribution is 0.0621. The van der Waals surface area contributed by atoms with E-state index in [1.54, 1.807) is 7.05 Å². The van der Waals surface area contributed by atoms with Crippen LogP contribution in [0.15, 0.2) is 0 Å². The first-order chi connectivity index (χ1) is 12.2. The molecule has 2 bridgehead atoms. The van der Waals surface area contributed by atoms with Gasteiger partial charge in [-0.2, -0.15) is 0 Å². The first-order valence-corrected chi connectivity index (χ1v) is 11.2. The van der Waals surface area contributed by atoms with Gasteiger partial charge in [0.05, 0.1) is 0 Å². The third-order valence-corrected chi connectivity index (χ3v) is 7.99. The summed E-state index contributed by atoms with van der Waals surface area (Å²) in [4.78, 5) is 13.6. The van der Waals surface area contributed by atoms with Crippen LogP contribution in [0, 0.1) is 46.8 Å². The van der Waals surface area contributed by atoms with Gasteiger partial charge in [-0.25, -0.2) is 4.79 Å². The van der Waals surface area contributed by atoms with Gasteiger partial charge in [-0.05, 0) is 78.9 Å². The molecule has 2 aliphatic carbocycles. The lowest BCUT2D eigenvalue weighted by atomic mass is 9.65. The summed E-state index contributed by atoms with van der Waals surface area (Å²) in [5.74, 6) is 6.44. The molecule has 3 aliphatic rings. The Hall–Kier alpha value is -0.730. The number of carbonyl (C=O) groups is 1. The molecule has 150 valence electrons. The van der Waals surface area contributed by atoms with Crippen LogP contribution in [0.2, 0.25) is 0 Å². The minimum atomic E-state index is 0.0919. The van der Waals surface area contributed by atoms with Crippen LogP contribution < -0.4 is 5.32 Å². The molecule has 3 rings (SSSR count). The van der Waals surface area contributed by atoms with Crippen molar-refractivity contribution in [2.24, 2.45) is 46.8 Å². The topological polar surface area (TPSA) is 32.3 Å². The third kappa shape index (κ3) is 4.07. The van der Waals surface area contributed by atoms with Crippen LogP contribution in [0.1, 0.15) is 73.1 Å². The molecule has 5 atom stereocenters. The van der Waals surface area contributed by atoms with Gasteiger partial charge in [-0.3, -0.25) is 0 Å². The number of nitrogens with one attached hydrogen (secondary N) is 1. The summed E-state index contributed by atoms with van der Waals surface area (Å²) in [7, 11) is 1.73. The van der Waals surface area contributed by atoms with Crippen molar-refractivity contribution < 1.29 is 4.79 Å². The van der Waals surface area contributed by atoms with E-state index in [0.29, 0.717) is 11.3 Å². The standard InChI is InChI=1S/C23H42N2O/c1-7-19(15(2)3)21-10-16-8-18(20(21)9-16)12-23(4,5)11-17-13-25(14-17)22(26)24-6/h15-21H,7-14H2,1-6H3,(H,24,26). The van der Waals surface area contributed by atoms with E-state index in [9.17, 15) is 4.79 Å². The van der Waals surface area contributed by atoms with E-state index in [1.165, 1.54) is 38.5 Å². The van der Waals surface area contributed by atoms with Crippen molar-refractivity contribution in [3.05, 3.63) is 0 Å². The molecule has 0 aromatic carbocycles. The van der Waals surface area contributed by atoms with E-state index in [4.69, 9.17) is 0 Å². The highest BCUT2D eigenvalue weighted by Crippen LogP contribution is 2.58. The minimum absolute atomic E-state index is 0.0919. The second kappa shape index (κ2) is 7.72. The summed E-state index contributed by atoms with van der Waals surface area (Å²) in [6.45, 7) is 14.2. The summed E-state index contributed by atoms with van der Waals surface area (Å²) in [5, 5.41) is 2.74. The number of nitrogens with zero attached hydrogens (tertiary/aromatic N) is 1. The summed E-state index contributed by atoms with van der Waals surface area (Å²) in [6.07, 6.45) is 8.56. The van der Waals surface area contributed by atoms with Crippen molar-refractivity contribution in [3.8, 4) is 0 Å². The van der Waals surface area contributed by atoms with Crippen LogP contribution in [0.25, 0.3) is 0 Å². The fraction of sp³-hybridized carbons (Fsp3) is 0.957. The number of hydrogen-bond acceptors (Lipinski definition) is 1. The number of likely N-dealkylation sites (tertiary alicyclic amines) is 1. The van der Waals surface area contributed by atoms with Crippen LogP contribution in [-0.2, 0) is 0 Å². The van der Waals surface area contributed by atoms with Gasteiger partial charge < -0.3 is 10.2 Å². The lowest BCUT2D eigenvalue weighted by Gasteiger charge is -2.44. The summed E-state index contributed by atoms with van der Waals surface area (Å²) >= 11 is 0. The second-order valence-corrected chi connectivity index (χ2v) is 10.9. The number of fused-ring (bicyclic) bond motifs is 2. The van der Waals surface area contributed by atoms with E-state index in [-0.39, 0.29) is 6.03 Å². The quantitative estimate of drug-likeness (QED) is 0.645. The smallest absolute Gasteiger partial charge is 0.317 e. The van der Waals surface area contributed by atoms with Crippen LogP contribution in [0.3, 0.4) is 0 Å². The zero-order valence-electron chi connectivity index (χ0n) is 18.1. The number of urea groups is 1. The molecule has 1 N–H and O–H groups in total. The Morgan fingerprint density at radius 3 is 2.38 bits per heavy atom. The molecule has 3 heteroatoms. The maximum absolute atomic E-state index is 11.7. The molecule has 5 unspecified atom stereocenters. The molecule has 0 aromatic rings. The van der Waals surface area contributed by atoms with Gasteiger partial charge in [0.1, 0.15) is 0 Å². The molecule has 26 heavy (non-hydrogen) atoms. The fourth-order valence-corrected chi connectivity index (χ4v) is 7.15. The molecule has 0 spiro atoms. The van der Waals surface area contributed by atoms with Gasteiger partial charge in [-0.15, -0.1) is 0 Å². The Balaban J connectivity index is 1.53. The maximum Gasteiger partial charge on any atom is 0.317 e. The molecule has 1 heterocycles. The van der Waals surface area contributed by atoms with E-state index in [2.05, 4.69) is 39.9 Å². The van der Waals surface area contributed by atoms with Crippen molar-refractivity contribution >= 4 is 6.03 Å². The molecule has 0 aromatic heterocycles. The largest absolute Gasteiger partial charge is 0.341 e. The number of carbonyl (C=O) groups excluding carboxylic acids is 1.